The lowest BCUT2D eigenvalue weighted by molar-refractivity contribution is -0.138. The van der Waals surface area contributed by atoms with E-state index in [-0.39, 0.29) is 36.1 Å². The zero-order valence-electron chi connectivity index (χ0n) is 18.3. The molecule has 166 valence electrons. The highest BCUT2D eigenvalue weighted by Crippen LogP contribution is 2.45. The van der Waals surface area contributed by atoms with Gasteiger partial charge in [-0.05, 0) is 49.0 Å². The minimum Gasteiger partial charge on any atom is -0.481 e. The lowest BCUT2D eigenvalue weighted by atomic mass is 9.69. The second-order valence-electron chi connectivity index (χ2n) is 9.39. The first-order valence-electron chi connectivity index (χ1n) is 11.2. The summed E-state index contributed by atoms with van der Waals surface area (Å²) in [7, 11) is 0. The molecular formula is C23H34N2O4S. The number of carboxylic acids is 1. The molecule has 2 aliphatic carbocycles. The third kappa shape index (κ3) is 5.23. The van der Waals surface area contributed by atoms with Crippen molar-refractivity contribution >= 4 is 34.1 Å². The number of carboxylic acid groups (broad SMARTS) is 1. The molecule has 1 atom stereocenters. The van der Waals surface area contributed by atoms with Crippen molar-refractivity contribution in [3.63, 3.8) is 0 Å². The van der Waals surface area contributed by atoms with Crippen molar-refractivity contribution in [2.45, 2.75) is 91.0 Å². The van der Waals surface area contributed by atoms with Crippen LogP contribution >= 0.6 is 11.3 Å². The Hall–Kier alpha value is -1.89. The van der Waals surface area contributed by atoms with E-state index in [0.29, 0.717) is 16.5 Å². The Kier molecular flexibility index (Phi) is 7.22. The molecule has 1 aromatic rings. The predicted molar refractivity (Wildman–Crippen MR) is 119 cm³/mol. The summed E-state index contributed by atoms with van der Waals surface area (Å²) in [6.07, 6.45) is 7.90. The summed E-state index contributed by atoms with van der Waals surface area (Å²) < 4.78 is 0. The maximum absolute atomic E-state index is 13.2. The number of hydrogen-bond acceptors (Lipinski definition) is 4. The van der Waals surface area contributed by atoms with Gasteiger partial charge in [0.05, 0.1) is 12.0 Å². The molecule has 7 heteroatoms. The van der Waals surface area contributed by atoms with E-state index >= 15 is 0 Å². The fourth-order valence-electron chi connectivity index (χ4n) is 4.61. The average molecular weight is 435 g/mol. The van der Waals surface area contributed by atoms with Gasteiger partial charge < -0.3 is 15.7 Å². The van der Waals surface area contributed by atoms with Crippen molar-refractivity contribution in [2.24, 2.45) is 11.3 Å². The summed E-state index contributed by atoms with van der Waals surface area (Å²) in [5.41, 5.74) is 1.92. The molecule has 0 radical (unpaired) electrons. The molecule has 30 heavy (non-hydrogen) atoms. The van der Waals surface area contributed by atoms with Gasteiger partial charge in [0.15, 0.2) is 0 Å². The first-order chi connectivity index (χ1) is 14.2. The fraction of sp³-hybridized carbons (Fsp3) is 0.696. The second-order valence-corrected chi connectivity index (χ2v) is 10.5. The molecule has 3 N–H and O–H groups in total. The maximum atomic E-state index is 13.2. The first-order valence-corrected chi connectivity index (χ1v) is 12.0. The molecule has 0 aliphatic heterocycles. The number of amides is 2. The zero-order valence-corrected chi connectivity index (χ0v) is 19.1. The van der Waals surface area contributed by atoms with Crippen molar-refractivity contribution in [2.75, 3.05) is 5.32 Å². The van der Waals surface area contributed by atoms with Crippen LogP contribution in [0.2, 0.25) is 0 Å². The smallest absolute Gasteiger partial charge is 0.303 e. The number of anilines is 1. The van der Waals surface area contributed by atoms with Crippen molar-refractivity contribution in [3.05, 3.63) is 16.0 Å². The van der Waals surface area contributed by atoms with Gasteiger partial charge in [0.2, 0.25) is 5.91 Å². The molecule has 1 fully saturated rings. The number of aliphatic carboxylic acids is 1. The summed E-state index contributed by atoms with van der Waals surface area (Å²) in [4.78, 5) is 37.5. The molecular weight excluding hydrogens is 400 g/mol. The summed E-state index contributed by atoms with van der Waals surface area (Å²) in [6.45, 7) is 6.83. The Morgan fingerprint density at radius 1 is 1.13 bits per heavy atom. The highest BCUT2D eigenvalue weighted by molar-refractivity contribution is 7.17. The molecule has 6 nitrogen and oxygen atoms in total. The van der Waals surface area contributed by atoms with Crippen LogP contribution in [-0.2, 0) is 22.4 Å². The largest absolute Gasteiger partial charge is 0.481 e. The summed E-state index contributed by atoms with van der Waals surface area (Å²) in [5.74, 6) is -0.896. The molecule has 0 aromatic carbocycles. The molecule has 0 saturated heterocycles. The van der Waals surface area contributed by atoms with Crippen LogP contribution in [-0.4, -0.2) is 28.9 Å². The monoisotopic (exact) mass is 434 g/mol. The summed E-state index contributed by atoms with van der Waals surface area (Å²) in [6, 6.07) is 0.207. The lowest BCUT2D eigenvalue weighted by Gasteiger charge is -2.36. The van der Waals surface area contributed by atoms with Gasteiger partial charge in [-0.2, -0.15) is 0 Å². The van der Waals surface area contributed by atoms with E-state index in [1.54, 1.807) is 0 Å². The Labute approximate surface area is 182 Å². The second kappa shape index (κ2) is 9.50. The molecule has 1 aromatic heterocycles. The number of nitrogens with one attached hydrogen (secondary N) is 2. The van der Waals surface area contributed by atoms with Gasteiger partial charge in [-0.15, -0.1) is 11.3 Å². The Balaban J connectivity index is 1.85. The molecule has 0 unspecified atom stereocenters. The molecule has 2 amide bonds. The summed E-state index contributed by atoms with van der Waals surface area (Å²) >= 11 is 1.50. The van der Waals surface area contributed by atoms with Gasteiger partial charge in [0.25, 0.3) is 5.91 Å². The molecule has 2 aliphatic rings. The molecule has 0 bridgehead atoms. The fourth-order valence-corrected chi connectivity index (χ4v) is 5.95. The van der Waals surface area contributed by atoms with Gasteiger partial charge in [-0.25, -0.2) is 0 Å². The number of carbonyl (C=O) groups is 3. The highest BCUT2D eigenvalue weighted by atomic mass is 32.1. The van der Waals surface area contributed by atoms with Crippen LogP contribution in [0.4, 0.5) is 5.00 Å². The van der Waals surface area contributed by atoms with Crippen LogP contribution in [0.5, 0.6) is 0 Å². The number of fused-ring (bicyclic) bond motifs is 1. The third-order valence-corrected chi connectivity index (χ3v) is 8.19. The number of rotatable bonds is 8. The van der Waals surface area contributed by atoms with E-state index in [1.165, 1.54) is 16.2 Å². The van der Waals surface area contributed by atoms with Gasteiger partial charge in [-0.3, -0.25) is 14.4 Å². The molecule has 1 saturated carbocycles. The first kappa shape index (κ1) is 22.8. The number of hydrogen-bond donors (Lipinski definition) is 3. The quantitative estimate of drug-likeness (QED) is 0.549. The average Bonchev–Trinajstić information content (AvgIpc) is 3.32. The van der Waals surface area contributed by atoms with Gasteiger partial charge in [0.1, 0.15) is 5.00 Å². The Morgan fingerprint density at radius 2 is 1.83 bits per heavy atom. The van der Waals surface area contributed by atoms with Crippen LogP contribution in [0, 0.1) is 11.3 Å². The van der Waals surface area contributed by atoms with Gasteiger partial charge >= 0.3 is 5.97 Å². The van der Waals surface area contributed by atoms with Crippen molar-refractivity contribution in [1.82, 2.24) is 5.32 Å². The van der Waals surface area contributed by atoms with Crippen LogP contribution in [0.25, 0.3) is 0 Å². The lowest BCUT2D eigenvalue weighted by Crippen LogP contribution is -2.34. The SMILES string of the molecule is CCC(C)(C)[C@H]1CCc2c(sc(NC(=O)CCC(=O)O)c2C(=O)NC2CCCC2)C1. The molecule has 3 rings (SSSR count). The standard InChI is InChI=1S/C23H34N2O4S/c1-4-23(2,3)14-9-10-16-17(13-14)30-22(25-18(26)11-12-19(27)28)20(16)21(29)24-15-7-5-6-8-15/h14-15H,4-13H2,1-3H3,(H,24,29)(H,25,26)(H,27,28)/t14-/m0/s1. The molecule has 1 heterocycles. The van der Waals surface area contributed by atoms with E-state index in [4.69, 9.17) is 5.11 Å². The Bertz CT molecular complexity index is 808. The maximum Gasteiger partial charge on any atom is 0.303 e. The topological polar surface area (TPSA) is 95.5 Å². The van der Waals surface area contributed by atoms with Crippen molar-refractivity contribution < 1.29 is 19.5 Å². The predicted octanol–water partition coefficient (Wildman–Crippen LogP) is 4.76. The van der Waals surface area contributed by atoms with E-state index in [0.717, 1.165) is 56.9 Å². The zero-order chi connectivity index (χ0) is 21.9. The van der Waals surface area contributed by atoms with E-state index in [1.807, 2.05) is 0 Å². The summed E-state index contributed by atoms with van der Waals surface area (Å²) in [5, 5.41) is 15.5. The van der Waals surface area contributed by atoms with Gasteiger partial charge in [0, 0.05) is 17.3 Å². The van der Waals surface area contributed by atoms with Crippen LogP contribution < -0.4 is 10.6 Å². The van der Waals surface area contributed by atoms with E-state index in [2.05, 4.69) is 31.4 Å². The normalized spacial score (nSPS) is 19.4. The van der Waals surface area contributed by atoms with Crippen molar-refractivity contribution in [3.8, 4) is 0 Å². The Morgan fingerprint density at radius 3 is 2.47 bits per heavy atom. The van der Waals surface area contributed by atoms with Gasteiger partial charge in [-0.1, -0.05) is 40.0 Å². The highest BCUT2D eigenvalue weighted by Gasteiger charge is 2.35. The van der Waals surface area contributed by atoms with Crippen LogP contribution in [0.3, 0.4) is 0 Å². The third-order valence-electron chi connectivity index (χ3n) is 7.02. The number of thiophene rings is 1. The van der Waals surface area contributed by atoms with Crippen LogP contribution in [0.1, 0.15) is 92.9 Å². The number of carbonyl (C=O) groups excluding carboxylic acids is 2. The van der Waals surface area contributed by atoms with Crippen molar-refractivity contribution in [1.29, 1.82) is 0 Å². The molecule has 0 spiro atoms. The van der Waals surface area contributed by atoms with E-state index < -0.39 is 5.97 Å². The minimum atomic E-state index is -1.00. The van der Waals surface area contributed by atoms with E-state index in [9.17, 15) is 14.4 Å². The van der Waals surface area contributed by atoms with Crippen LogP contribution in [0.15, 0.2) is 0 Å². The minimum absolute atomic E-state index is 0.0902.